The van der Waals surface area contributed by atoms with Crippen LogP contribution in [0.2, 0.25) is 0 Å². The van der Waals surface area contributed by atoms with Gasteiger partial charge in [-0.2, -0.15) is 18.3 Å². The molecule has 4 rings (SSSR count). The number of hydrogen-bond donors (Lipinski definition) is 0. The van der Waals surface area contributed by atoms with E-state index in [-0.39, 0.29) is 25.5 Å². The summed E-state index contributed by atoms with van der Waals surface area (Å²) in [6.07, 6.45) is 1.30. The van der Waals surface area contributed by atoms with Crippen LogP contribution in [0, 0.1) is 5.82 Å². The Morgan fingerprint density at radius 1 is 1.10 bits per heavy atom. The van der Waals surface area contributed by atoms with Gasteiger partial charge in [-0.25, -0.2) is 19.0 Å². The fourth-order valence-electron chi connectivity index (χ4n) is 3.38. The third kappa shape index (κ3) is 4.14. The lowest BCUT2D eigenvalue weighted by atomic mass is 10.2. The first-order valence-electron chi connectivity index (χ1n) is 9.14. The van der Waals surface area contributed by atoms with Crippen LogP contribution in [0.15, 0.2) is 47.8 Å². The van der Waals surface area contributed by atoms with Gasteiger partial charge in [0.15, 0.2) is 0 Å². The van der Waals surface area contributed by atoms with Crippen molar-refractivity contribution >= 4 is 5.95 Å². The molecule has 1 atom stereocenters. The molecule has 0 aliphatic carbocycles. The molecule has 0 spiro atoms. The van der Waals surface area contributed by atoms with E-state index in [0.29, 0.717) is 23.2 Å². The summed E-state index contributed by atoms with van der Waals surface area (Å²) in [5.41, 5.74) is 0.859. The van der Waals surface area contributed by atoms with Crippen LogP contribution < -0.4 is 10.5 Å². The second kappa shape index (κ2) is 7.81. The lowest BCUT2D eigenvalue weighted by Gasteiger charge is -2.26. The van der Waals surface area contributed by atoms with E-state index >= 15 is 0 Å². The lowest BCUT2D eigenvalue weighted by molar-refractivity contribution is -0.146. The molecule has 7 nitrogen and oxygen atoms in total. The van der Waals surface area contributed by atoms with Crippen molar-refractivity contribution in [2.45, 2.75) is 31.6 Å². The first-order chi connectivity index (χ1) is 14.3. The Morgan fingerprint density at radius 3 is 2.57 bits per heavy atom. The molecule has 30 heavy (non-hydrogen) atoms. The number of pyridine rings is 1. The zero-order chi connectivity index (χ0) is 21.3. The van der Waals surface area contributed by atoms with Gasteiger partial charge >= 0.3 is 6.18 Å². The Hall–Kier alpha value is -3.37. The Kier molecular flexibility index (Phi) is 5.18. The summed E-state index contributed by atoms with van der Waals surface area (Å²) in [5, 5.41) is 4.23. The molecule has 0 bridgehead atoms. The Labute approximate surface area is 168 Å². The summed E-state index contributed by atoms with van der Waals surface area (Å²) in [4.78, 5) is 25.1. The van der Waals surface area contributed by atoms with E-state index < -0.39 is 23.6 Å². The molecular weight excluding hydrogens is 404 g/mol. The molecule has 11 heteroatoms. The van der Waals surface area contributed by atoms with Gasteiger partial charge in [-0.1, -0.05) is 0 Å². The first-order valence-corrected chi connectivity index (χ1v) is 9.14. The SMILES string of the molecule is O=c1ccc(-c2cnc(N3CCC[C@@H]3C(F)(F)F)nc2)nn1Cc1cncc(F)c1. The van der Waals surface area contributed by atoms with Crippen LogP contribution in [0.3, 0.4) is 0 Å². The highest BCUT2D eigenvalue weighted by atomic mass is 19.4. The van der Waals surface area contributed by atoms with Gasteiger partial charge in [-0.05, 0) is 30.5 Å². The zero-order valence-corrected chi connectivity index (χ0v) is 15.6. The van der Waals surface area contributed by atoms with Gasteiger partial charge in [-0.3, -0.25) is 9.78 Å². The number of alkyl halides is 3. The summed E-state index contributed by atoms with van der Waals surface area (Å²) < 4.78 is 53.9. The molecule has 4 heterocycles. The maximum absolute atomic E-state index is 13.3. The quantitative estimate of drug-likeness (QED) is 0.605. The highest BCUT2D eigenvalue weighted by Crippen LogP contribution is 2.34. The van der Waals surface area contributed by atoms with Crippen molar-refractivity contribution in [2.24, 2.45) is 0 Å². The summed E-state index contributed by atoms with van der Waals surface area (Å²) in [6.45, 7) is 0.242. The number of anilines is 1. The van der Waals surface area contributed by atoms with E-state index in [9.17, 15) is 22.4 Å². The predicted octanol–water partition coefficient (Wildman–Crippen LogP) is 2.81. The smallest absolute Gasteiger partial charge is 0.329 e. The van der Waals surface area contributed by atoms with Crippen LogP contribution in [0.4, 0.5) is 23.5 Å². The number of aromatic nitrogens is 5. The molecule has 156 valence electrons. The molecule has 3 aromatic heterocycles. The second-order valence-electron chi connectivity index (χ2n) is 6.89. The van der Waals surface area contributed by atoms with Gasteiger partial charge in [0, 0.05) is 36.8 Å². The van der Waals surface area contributed by atoms with Crippen LogP contribution in [0.25, 0.3) is 11.3 Å². The fraction of sp³-hybridized carbons (Fsp3) is 0.316. The predicted molar refractivity (Wildman–Crippen MR) is 99.2 cm³/mol. The molecule has 0 aromatic carbocycles. The van der Waals surface area contributed by atoms with E-state index in [1.54, 1.807) is 0 Å². The summed E-state index contributed by atoms with van der Waals surface area (Å²) in [5.74, 6) is -0.530. The summed E-state index contributed by atoms with van der Waals surface area (Å²) in [6, 6.07) is 2.42. The van der Waals surface area contributed by atoms with E-state index in [0.717, 1.165) is 15.8 Å². The van der Waals surface area contributed by atoms with Crippen molar-refractivity contribution in [1.82, 2.24) is 24.7 Å². The number of nitrogens with zero attached hydrogens (tertiary/aromatic N) is 6. The number of hydrogen-bond acceptors (Lipinski definition) is 6. The van der Waals surface area contributed by atoms with Gasteiger partial charge in [0.2, 0.25) is 5.95 Å². The Morgan fingerprint density at radius 2 is 1.87 bits per heavy atom. The molecule has 1 aliphatic heterocycles. The second-order valence-corrected chi connectivity index (χ2v) is 6.89. The van der Waals surface area contributed by atoms with Crippen molar-refractivity contribution in [3.63, 3.8) is 0 Å². The Balaban J connectivity index is 1.58. The van der Waals surface area contributed by atoms with Gasteiger partial charge in [-0.15, -0.1) is 0 Å². The van der Waals surface area contributed by atoms with Crippen LogP contribution in [-0.4, -0.2) is 43.5 Å². The van der Waals surface area contributed by atoms with Crippen molar-refractivity contribution in [1.29, 1.82) is 0 Å². The average molecular weight is 420 g/mol. The highest BCUT2D eigenvalue weighted by Gasteiger charge is 2.46. The third-order valence-electron chi connectivity index (χ3n) is 4.78. The molecule has 1 fully saturated rings. The number of rotatable bonds is 4. The minimum Gasteiger partial charge on any atom is -0.329 e. The van der Waals surface area contributed by atoms with Crippen molar-refractivity contribution in [2.75, 3.05) is 11.4 Å². The van der Waals surface area contributed by atoms with E-state index in [2.05, 4.69) is 20.1 Å². The largest absolute Gasteiger partial charge is 0.408 e. The third-order valence-corrected chi connectivity index (χ3v) is 4.78. The molecule has 3 aromatic rings. The summed E-state index contributed by atoms with van der Waals surface area (Å²) in [7, 11) is 0. The monoisotopic (exact) mass is 420 g/mol. The van der Waals surface area contributed by atoms with Crippen molar-refractivity contribution < 1.29 is 17.6 Å². The van der Waals surface area contributed by atoms with Crippen LogP contribution in [0.5, 0.6) is 0 Å². The normalized spacial score (nSPS) is 16.8. The van der Waals surface area contributed by atoms with Gasteiger partial charge < -0.3 is 4.90 Å². The molecule has 1 aliphatic rings. The van der Waals surface area contributed by atoms with Crippen molar-refractivity contribution in [3.8, 4) is 11.3 Å². The van der Waals surface area contributed by atoms with Crippen LogP contribution in [-0.2, 0) is 6.54 Å². The fourth-order valence-corrected chi connectivity index (χ4v) is 3.38. The maximum Gasteiger partial charge on any atom is 0.408 e. The topological polar surface area (TPSA) is 76.8 Å². The minimum atomic E-state index is -4.35. The van der Waals surface area contributed by atoms with Crippen LogP contribution in [0.1, 0.15) is 18.4 Å². The van der Waals surface area contributed by atoms with E-state index in [4.69, 9.17) is 0 Å². The van der Waals surface area contributed by atoms with Gasteiger partial charge in [0.1, 0.15) is 11.9 Å². The zero-order valence-electron chi connectivity index (χ0n) is 15.6. The highest BCUT2D eigenvalue weighted by molar-refractivity contribution is 5.56. The van der Waals surface area contributed by atoms with Gasteiger partial charge in [0.25, 0.3) is 5.56 Å². The first kappa shape index (κ1) is 19.9. The maximum atomic E-state index is 13.3. The molecule has 1 saturated heterocycles. The molecular formula is C19H16F4N6O. The molecule has 0 saturated carbocycles. The standard InChI is InChI=1S/C19H16F4N6O/c20-14-6-12(7-24-10-14)11-29-17(30)4-3-15(27-29)13-8-25-18(26-9-13)28-5-1-2-16(28)19(21,22)23/h3-4,6-10,16H,1-2,5,11H2/t16-/m1/s1. The van der Waals surface area contributed by atoms with Crippen molar-refractivity contribution in [3.05, 3.63) is 64.7 Å². The average Bonchev–Trinajstić information content (AvgIpc) is 3.20. The summed E-state index contributed by atoms with van der Waals surface area (Å²) >= 11 is 0. The lowest BCUT2D eigenvalue weighted by Crippen LogP contribution is -2.42. The molecule has 0 N–H and O–H groups in total. The van der Waals surface area contributed by atoms with E-state index in [1.807, 2.05) is 0 Å². The van der Waals surface area contributed by atoms with E-state index in [1.165, 1.54) is 36.8 Å². The van der Waals surface area contributed by atoms with Gasteiger partial charge in [0.05, 0.1) is 18.4 Å². The minimum absolute atomic E-state index is 0.00210. The molecule has 0 unspecified atom stereocenters. The van der Waals surface area contributed by atoms with Crippen LogP contribution >= 0.6 is 0 Å². The Bertz CT molecular complexity index is 1100. The molecule has 0 radical (unpaired) electrons. The molecule has 0 amide bonds. The number of halogens is 4.